The molecule has 0 saturated heterocycles. The maximum absolute atomic E-state index is 7.32. The number of aromatic nitrogens is 2. The molecule has 12 rings (SSSR count). The zero-order valence-corrected chi connectivity index (χ0v) is 29.2. The Morgan fingerprint density at radius 1 is 0.333 bits per heavy atom. The van der Waals surface area contributed by atoms with Gasteiger partial charge in [-0.05, 0) is 66.2 Å². The zero-order chi connectivity index (χ0) is 35.4. The molecule has 0 bridgehead atoms. The lowest BCUT2D eigenvalue weighted by Crippen LogP contribution is -2.50. The van der Waals surface area contributed by atoms with E-state index >= 15 is 0 Å². The van der Waals surface area contributed by atoms with E-state index in [4.69, 9.17) is 9.47 Å². The van der Waals surface area contributed by atoms with Crippen LogP contribution in [0.2, 0.25) is 0 Å². The number of hydrogen-bond acceptors (Lipinski definition) is 2. The molecule has 8 aromatic carbocycles. The van der Waals surface area contributed by atoms with Crippen LogP contribution in [0.15, 0.2) is 194 Å². The van der Waals surface area contributed by atoms with Crippen LogP contribution in [0.4, 0.5) is 0 Å². The highest BCUT2D eigenvalue weighted by Gasteiger charge is 2.70. The number of hydrogen-bond donors (Lipinski definition) is 0. The van der Waals surface area contributed by atoms with Gasteiger partial charge in [0.2, 0.25) is 0 Å². The van der Waals surface area contributed by atoms with E-state index in [9.17, 15) is 0 Å². The molecule has 0 aliphatic carbocycles. The van der Waals surface area contributed by atoms with Crippen LogP contribution in [0.25, 0.3) is 55.0 Å². The zero-order valence-electron chi connectivity index (χ0n) is 29.2. The first-order chi connectivity index (χ1) is 26.8. The SMILES string of the molecule is c1ccc(C23Oc4ccc(-n5c6ccccc6c6ccccc65)cc4C2(c2ccccc2)c2cc(-n4c5ccccc5c5ccccc54)ccc2O3)cc1. The molecule has 0 saturated carbocycles. The van der Waals surface area contributed by atoms with E-state index < -0.39 is 11.2 Å². The Labute approximate surface area is 311 Å². The van der Waals surface area contributed by atoms with E-state index in [1.807, 2.05) is 0 Å². The Morgan fingerprint density at radius 2 is 0.685 bits per heavy atom. The van der Waals surface area contributed by atoms with E-state index in [2.05, 4.69) is 203 Å². The van der Waals surface area contributed by atoms with Crippen molar-refractivity contribution in [2.45, 2.75) is 11.2 Å². The van der Waals surface area contributed by atoms with Crippen molar-refractivity contribution in [3.05, 3.63) is 216 Å². The fourth-order valence-electron chi connectivity index (χ4n) is 9.64. The molecule has 0 spiro atoms. The molecule has 0 atom stereocenters. The molecule has 254 valence electrons. The van der Waals surface area contributed by atoms with Crippen molar-refractivity contribution in [1.82, 2.24) is 9.13 Å². The predicted molar refractivity (Wildman–Crippen MR) is 217 cm³/mol. The first kappa shape index (κ1) is 29.5. The molecule has 2 aliphatic heterocycles. The molecular formula is C50H32N2O2. The van der Waals surface area contributed by atoms with Gasteiger partial charge in [0, 0.05) is 49.6 Å². The third-order valence-corrected chi connectivity index (χ3v) is 11.8. The fraction of sp³-hybridized carbons (Fsp3) is 0.0400. The van der Waals surface area contributed by atoms with Crippen molar-refractivity contribution < 1.29 is 9.47 Å². The smallest absolute Gasteiger partial charge is 0.296 e. The van der Waals surface area contributed by atoms with E-state index in [0.717, 1.165) is 67.2 Å². The summed E-state index contributed by atoms with van der Waals surface area (Å²) in [7, 11) is 0. The molecule has 4 heteroatoms. The minimum atomic E-state index is -1.21. The van der Waals surface area contributed by atoms with Gasteiger partial charge in [-0.3, -0.25) is 0 Å². The quantitative estimate of drug-likeness (QED) is 0.184. The van der Waals surface area contributed by atoms with Crippen molar-refractivity contribution in [2.75, 3.05) is 0 Å². The highest BCUT2D eigenvalue weighted by Crippen LogP contribution is 2.67. The molecule has 4 heterocycles. The topological polar surface area (TPSA) is 28.3 Å². The molecule has 2 aliphatic rings. The second kappa shape index (κ2) is 10.8. The summed E-state index contributed by atoms with van der Waals surface area (Å²) in [5.41, 5.74) is 10.1. The molecule has 0 amide bonds. The van der Waals surface area contributed by atoms with Gasteiger partial charge in [-0.2, -0.15) is 0 Å². The Morgan fingerprint density at radius 3 is 1.09 bits per heavy atom. The summed E-state index contributed by atoms with van der Waals surface area (Å²) in [6.45, 7) is 0. The molecule has 54 heavy (non-hydrogen) atoms. The minimum Gasteiger partial charge on any atom is -0.446 e. The van der Waals surface area contributed by atoms with Crippen LogP contribution >= 0.6 is 0 Å². The third kappa shape index (κ3) is 3.67. The van der Waals surface area contributed by atoms with Crippen LogP contribution in [0, 0.1) is 0 Å². The fourth-order valence-corrected chi connectivity index (χ4v) is 9.64. The van der Waals surface area contributed by atoms with E-state index in [0.29, 0.717) is 0 Å². The monoisotopic (exact) mass is 692 g/mol. The highest BCUT2D eigenvalue weighted by molar-refractivity contribution is 6.10. The standard InChI is InChI=1S/C50H32N2O2/c1-3-15-33(16-4-1)49-41-31-35(51-43-23-11-7-19-37(43)38-20-8-12-24-44(38)51)27-29-47(41)53-50(49,34-17-5-2-6-18-34)54-48-30-28-36(32-42(48)49)52-45-25-13-9-21-39(45)40-22-10-14-26-46(40)52/h1-32H. The number of para-hydroxylation sites is 4. The molecule has 0 unspecified atom stereocenters. The van der Waals surface area contributed by atoms with Crippen molar-refractivity contribution in [1.29, 1.82) is 0 Å². The second-order valence-electron chi connectivity index (χ2n) is 14.4. The lowest BCUT2D eigenvalue weighted by atomic mass is 9.64. The largest absolute Gasteiger partial charge is 0.446 e. The number of fused-ring (bicyclic) bond motifs is 11. The van der Waals surface area contributed by atoms with Crippen molar-refractivity contribution in [2.24, 2.45) is 0 Å². The van der Waals surface area contributed by atoms with Gasteiger partial charge in [0.15, 0.2) is 0 Å². The van der Waals surface area contributed by atoms with Gasteiger partial charge in [0.05, 0.1) is 22.1 Å². The van der Waals surface area contributed by atoms with Crippen LogP contribution in [-0.4, -0.2) is 9.13 Å². The van der Waals surface area contributed by atoms with Crippen LogP contribution in [0.3, 0.4) is 0 Å². The van der Waals surface area contributed by atoms with Gasteiger partial charge >= 0.3 is 0 Å². The summed E-state index contributed by atoms with van der Waals surface area (Å²) < 4.78 is 19.4. The average Bonchev–Trinajstić information content (AvgIpc) is 3.93. The molecule has 10 aromatic rings. The van der Waals surface area contributed by atoms with Crippen LogP contribution in [0.1, 0.15) is 22.3 Å². The maximum atomic E-state index is 7.32. The van der Waals surface area contributed by atoms with E-state index in [1.54, 1.807) is 0 Å². The van der Waals surface area contributed by atoms with Gasteiger partial charge in [-0.25, -0.2) is 0 Å². The summed E-state index contributed by atoms with van der Waals surface area (Å²) in [5.74, 6) is 0.402. The second-order valence-corrected chi connectivity index (χ2v) is 14.4. The van der Waals surface area contributed by atoms with Crippen molar-refractivity contribution in [3.63, 3.8) is 0 Å². The Balaban J connectivity index is 1.20. The van der Waals surface area contributed by atoms with Crippen molar-refractivity contribution >= 4 is 43.6 Å². The van der Waals surface area contributed by atoms with Gasteiger partial charge in [-0.15, -0.1) is 0 Å². The van der Waals surface area contributed by atoms with Gasteiger partial charge in [-0.1, -0.05) is 133 Å². The maximum Gasteiger partial charge on any atom is 0.296 e. The summed E-state index contributed by atoms with van der Waals surface area (Å²) in [6.07, 6.45) is 0. The lowest BCUT2D eigenvalue weighted by Gasteiger charge is -2.38. The van der Waals surface area contributed by atoms with E-state index in [1.165, 1.54) is 21.5 Å². The molecule has 2 aromatic heterocycles. The number of rotatable bonds is 4. The summed E-state index contributed by atoms with van der Waals surface area (Å²) >= 11 is 0. The van der Waals surface area contributed by atoms with E-state index in [-0.39, 0.29) is 0 Å². The molecular weight excluding hydrogens is 661 g/mol. The lowest BCUT2D eigenvalue weighted by molar-refractivity contribution is -0.119. The van der Waals surface area contributed by atoms with Gasteiger partial charge < -0.3 is 18.6 Å². The summed E-state index contributed by atoms with van der Waals surface area (Å²) in [5, 5.41) is 4.91. The van der Waals surface area contributed by atoms with Crippen LogP contribution < -0.4 is 9.47 Å². The minimum absolute atomic E-state index is 0.806. The summed E-state index contributed by atoms with van der Waals surface area (Å²) in [4.78, 5) is 0. The molecule has 4 nitrogen and oxygen atoms in total. The molecule has 0 fully saturated rings. The highest BCUT2D eigenvalue weighted by atomic mass is 16.7. The van der Waals surface area contributed by atoms with Crippen molar-refractivity contribution in [3.8, 4) is 22.9 Å². The van der Waals surface area contributed by atoms with Gasteiger partial charge in [0.1, 0.15) is 16.9 Å². The Hall–Kier alpha value is -7.04. The number of benzene rings is 8. The predicted octanol–water partition coefficient (Wildman–Crippen LogP) is 11.9. The van der Waals surface area contributed by atoms with Crippen LogP contribution in [-0.2, 0) is 11.2 Å². The van der Waals surface area contributed by atoms with Gasteiger partial charge in [0.25, 0.3) is 5.79 Å². The third-order valence-electron chi connectivity index (χ3n) is 11.8. The molecule has 0 N–H and O–H groups in total. The first-order valence-electron chi connectivity index (χ1n) is 18.5. The average molecular weight is 693 g/mol. The Kier molecular flexibility index (Phi) is 5.88. The Bertz CT molecular complexity index is 2850. The molecule has 0 radical (unpaired) electrons. The van der Waals surface area contributed by atoms with Crippen LogP contribution in [0.5, 0.6) is 11.5 Å². The summed E-state index contributed by atoms with van der Waals surface area (Å²) in [6, 6.07) is 69.3. The normalized spacial score (nSPS) is 18.4. The number of ether oxygens (including phenoxy) is 2. The first-order valence-corrected chi connectivity index (χ1v) is 18.5. The number of nitrogens with zero attached hydrogens (tertiary/aromatic N) is 2.